The highest BCUT2D eigenvalue weighted by Gasteiger charge is 2.23. The molecule has 0 unspecified atom stereocenters. The fourth-order valence-corrected chi connectivity index (χ4v) is 3.39. The van der Waals surface area contributed by atoms with Crippen LogP contribution in [0.4, 0.5) is 5.13 Å². The Balaban J connectivity index is 1.62. The summed E-state index contributed by atoms with van der Waals surface area (Å²) in [6.07, 6.45) is 1.49. The summed E-state index contributed by atoms with van der Waals surface area (Å²) in [4.78, 5) is 28.7. The number of carbonyl (C=O) groups excluding carboxylic acids is 2. The van der Waals surface area contributed by atoms with Gasteiger partial charge in [-0.05, 0) is 32.9 Å². The highest BCUT2D eigenvalue weighted by molar-refractivity contribution is 7.14. The van der Waals surface area contributed by atoms with E-state index in [1.165, 1.54) is 17.6 Å². The fourth-order valence-electron chi connectivity index (χ4n) is 2.50. The molecule has 0 aliphatic rings. The van der Waals surface area contributed by atoms with E-state index in [0.717, 1.165) is 11.3 Å². The maximum Gasteiger partial charge on any atom is 0.341 e. The van der Waals surface area contributed by atoms with Crippen LogP contribution in [-0.4, -0.2) is 29.9 Å². The standard InChI is InChI=1S/C23H22ClN3O4S/c1-23(2,3)21(29)31-14-30-20(28)16-9-5-4-8-15(16)12-25-27-22-26-19(13-32-22)17-10-6-7-11-18(17)24/h4-13H,14H2,1-3H3,(H,26,27)/b25-12+. The van der Waals surface area contributed by atoms with Gasteiger partial charge in [-0.1, -0.05) is 48.0 Å². The summed E-state index contributed by atoms with van der Waals surface area (Å²) in [6.45, 7) is 4.70. The molecule has 0 aliphatic carbocycles. The minimum absolute atomic E-state index is 0.292. The number of hydrogen-bond donors (Lipinski definition) is 1. The number of ether oxygens (including phenoxy) is 2. The molecule has 1 N–H and O–H groups in total. The predicted molar refractivity (Wildman–Crippen MR) is 126 cm³/mol. The molecule has 3 rings (SSSR count). The summed E-state index contributed by atoms with van der Waals surface area (Å²) in [5.41, 5.74) is 4.59. The summed E-state index contributed by atoms with van der Waals surface area (Å²) < 4.78 is 10.1. The first kappa shape index (κ1) is 23.4. The van der Waals surface area contributed by atoms with Crippen molar-refractivity contribution in [2.45, 2.75) is 20.8 Å². The van der Waals surface area contributed by atoms with Gasteiger partial charge in [0.05, 0.1) is 22.9 Å². The topological polar surface area (TPSA) is 89.9 Å². The van der Waals surface area contributed by atoms with Crippen molar-refractivity contribution in [1.82, 2.24) is 4.98 Å². The summed E-state index contributed by atoms with van der Waals surface area (Å²) in [5.74, 6) is -1.08. The SMILES string of the molecule is CC(C)(C)C(=O)OCOC(=O)c1ccccc1/C=N/Nc1nc(-c2ccccc2Cl)cs1. The van der Waals surface area contributed by atoms with Crippen LogP contribution in [0.25, 0.3) is 11.3 Å². The lowest BCUT2D eigenvalue weighted by atomic mass is 9.98. The third-order valence-electron chi connectivity index (χ3n) is 4.19. The second kappa shape index (κ2) is 10.4. The van der Waals surface area contributed by atoms with Gasteiger partial charge in [0.15, 0.2) is 0 Å². The fraction of sp³-hybridized carbons (Fsp3) is 0.217. The highest BCUT2D eigenvalue weighted by atomic mass is 35.5. The average Bonchev–Trinajstić information content (AvgIpc) is 3.22. The first-order valence-corrected chi connectivity index (χ1v) is 10.9. The van der Waals surface area contributed by atoms with Crippen LogP contribution in [0.15, 0.2) is 59.0 Å². The van der Waals surface area contributed by atoms with Gasteiger partial charge in [0, 0.05) is 21.5 Å². The molecule has 0 spiro atoms. The molecular weight excluding hydrogens is 450 g/mol. The largest absolute Gasteiger partial charge is 0.427 e. The van der Waals surface area contributed by atoms with E-state index < -0.39 is 24.1 Å². The molecule has 3 aromatic rings. The molecule has 0 amide bonds. The van der Waals surface area contributed by atoms with Crippen molar-refractivity contribution in [1.29, 1.82) is 0 Å². The van der Waals surface area contributed by atoms with E-state index in [1.54, 1.807) is 45.0 Å². The molecule has 7 nitrogen and oxygen atoms in total. The molecule has 0 atom stereocenters. The molecule has 32 heavy (non-hydrogen) atoms. The smallest absolute Gasteiger partial charge is 0.341 e. The van der Waals surface area contributed by atoms with Gasteiger partial charge < -0.3 is 9.47 Å². The van der Waals surface area contributed by atoms with Gasteiger partial charge in [0.25, 0.3) is 0 Å². The van der Waals surface area contributed by atoms with Crippen molar-refractivity contribution in [2.75, 3.05) is 12.2 Å². The number of anilines is 1. The van der Waals surface area contributed by atoms with Crippen LogP contribution in [0.1, 0.15) is 36.7 Å². The lowest BCUT2D eigenvalue weighted by molar-refractivity contribution is -0.161. The van der Waals surface area contributed by atoms with Crippen LogP contribution in [0, 0.1) is 5.41 Å². The van der Waals surface area contributed by atoms with Gasteiger partial charge in [0.2, 0.25) is 11.9 Å². The monoisotopic (exact) mass is 471 g/mol. The maximum absolute atomic E-state index is 12.4. The Morgan fingerprint density at radius 1 is 1.12 bits per heavy atom. The van der Waals surface area contributed by atoms with Crippen LogP contribution < -0.4 is 5.43 Å². The summed E-state index contributed by atoms with van der Waals surface area (Å²) in [7, 11) is 0. The Morgan fingerprint density at radius 2 is 1.84 bits per heavy atom. The third-order valence-corrected chi connectivity index (χ3v) is 5.27. The lowest BCUT2D eigenvalue weighted by Crippen LogP contribution is -2.24. The molecule has 1 heterocycles. The zero-order valence-corrected chi connectivity index (χ0v) is 19.4. The minimum atomic E-state index is -0.676. The van der Waals surface area contributed by atoms with Crippen molar-refractivity contribution in [3.63, 3.8) is 0 Å². The van der Waals surface area contributed by atoms with Crippen LogP contribution in [-0.2, 0) is 14.3 Å². The van der Waals surface area contributed by atoms with Gasteiger partial charge in [-0.25, -0.2) is 9.78 Å². The number of esters is 2. The zero-order chi connectivity index (χ0) is 23.1. The number of nitrogens with zero attached hydrogens (tertiary/aromatic N) is 2. The van der Waals surface area contributed by atoms with Crippen LogP contribution in [0.2, 0.25) is 5.02 Å². The number of hydrazone groups is 1. The number of carbonyl (C=O) groups is 2. The van der Waals surface area contributed by atoms with Crippen LogP contribution >= 0.6 is 22.9 Å². The lowest BCUT2D eigenvalue weighted by Gasteiger charge is -2.16. The Bertz CT molecular complexity index is 1140. The molecule has 9 heteroatoms. The molecular formula is C23H22ClN3O4S. The van der Waals surface area contributed by atoms with E-state index in [9.17, 15) is 9.59 Å². The molecule has 166 valence electrons. The van der Waals surface area contributed by atoms with Crippen LogP contribution in [0.5, 0.6) is 0 Å². The second-order valence-electron chi connectivity index (χ2n) is 7.71. The van der Waals surface area contributed by atoms with E-state index in [1.807, 2.05) is 29.6 Å². The van der Waals surface area contributed by atoms with E-state index in [4.69, 9.17) is 21.1 Å². The highest BCUT2D eigenvalue weighted by Crippen LogP contribution is 2.30. The normalized spacial score (nSPS) is 11.4. The molecule has 0 saturated carbocycles. The Morgan fingerprint density at radius 3 is 2.59 bits per heavy atom. The molecule has 0 saturated heterocycles. The second-order valence-corrected chi connectivity index (χ2v) is 8.97. The molecule has 0 aliphatic heterocycles. The molecule has 1 aromatic heterocycles. The van der Waals surface area contributed by atoms with E-state index in [0.29, 0.717) is 21.3 Å². The van der Waals surface area contributed by atoms with Gasteiger partial charge in [0.1, 0.15) is 0 Å². The summed E-state index contributed by atoms with van der Waals surface area (Å²) in [6, 6.07) is 14.3. The van der Waals surface area contributed by atoms with Crippen molar-refractivity contribution >= 4 is 46.2 Å². The zero-order valence-electron chi connectivity index (χ0n) is 17.8. The molecule has 2 aromatic carbocycles. The van der Waals surface area contributed by atoms with Crippen molar-refractivity contribution in [2.24, 2.45) is 10.5 Å². The summed E-state index contributed by atoms with van der Waals surface area (Å²) in [5, 5.41) is 7.24. The van der Waals surface area contributed by atoms with Gasteiger partial charge in [-0.3, -0.25) is 10.2 Å². The van der Waals surface area contributed by atoms with Gasteiger partial charge in [-0.2, -0.15) is 5.10 Å². The number of halogens is 1. The van der Waals surface area contributed by atoms with Crippen molar-refractivity contribution in [3.8, 4) is 11.3 Å². The molecule has 0 fully saturated rings. The number of thiazole rings is 1. The number of nitrogens with one attached hydrogen (secondary N) is 1. The van der Waals surface area contributed by atoms with E-state index >= 15 is 0 Å². The summed E-state index contributed by atoms with van der Waals surface area (Å²) >= 11 is 7.60. The Kier molecular flexibility index (Phi) is 7.61. The van der Waals surface area contributed by atoms with Crippen LogP contribution in [0.3, 0.4) is 0 Å². The average molecular weight is 472 g/mol. The predicted octanol–water partition coefficient (Wildman–Crippen LogP) is 5.61. The Hall–Kier alpha value is -3.23. The van der Waals surface area contributed by atoms with E-state index in [-0.39, 0.29) is 0 Å². The Labute approximate surface area is 195 Å². The number of aromatic nitrogens is 1. The number of rotatable bonds is 7. The number of benzene rings is 2. The van der Waals surface area contributed by atoms with E-state index in [2.05, 4.69) is 15.5 Å². The first-order chi connectivity index (χ1) is 15.3. The maximum atomic E-state index is 12.4. The first-order valence-electron chi connectivity index (χ1n) is 9.68. The molecule has 0 bridgehead atoms. The van der Waals surface area contributed by atoms with Gasteiger partial charge >= 0.3 is 11.9 Å². The van der Waals surface area contributed by atoms with Crippen molar-refractivity contribution < 1.29 is 19.1 Å². The molecule has 0 radical (unpaired) electrons. The quantitative estimate of drug-likeness (QED) is 0.208. The third kappa shape index (κ3) is 6.15. The minimum Gasteiger partial charge on any atom is -0.427 e. The van der Waals surface area contributed by atoms with Gasteiger partial charge in [-0.15, -0.1) is 11.3 Å². The van der Waals surface area contributed by atoms with Crippen molar-refractivity contribution in [3.05, 3.63) is 70.1 Å². The number of hydrogen-bond acceptors (Lipinski definition) is 8.